The van der Waals surface area contributed by atoms with Gasteiger partial charge in [-0.05, 0) is 37.0 Å². The molecular formula is C21H30O7. The summed E-state index contributed by atoms with van der Waals surface area (Å²) in [6.45, 7) is 7.99. The average molecular weight is 394 g/mol. The van der Waals surface area contributed by atoms with Gasteiger partial charge in [0.15, 0.2) is 12.1 Å². The van der Waals surface area contributed by atoms with E-state index in [-0.39, 0.29) is 17.3 Å². The maximum absolute atomic E-state index is 12.4. The SMILES string of the molecule is C=C1C(=O)O[C@H]2C[C@@H]1C[C@H]1[C@@H]2[C@@]23C(OC)O[C@@]1(O)[C@@H](O)[C@@H]2C(C)(C)CC[C@@H]3O. The van der Waals surface area contributed by atoms with Gasteiger partial charge in [-0.15, -0.1) is 0 Å². The Bertz CT molecular complexity index is 734. The second-order valence-corrected chi connectivity index (χ2v) is 10.2. The summed E-state index contributed by atoms with van der Waals surface area (Å²) in [6.07, 6.45) is -0.953. The van der Waals surface area contributed by atoms with Gasteiger partial charge in [-0.25, -0.2) is 4.79 Å². The lowest BCUT2D eigenvalue weighted by Gasteiger charge is -2.74. The molecule has 4 bridgehead atoms. The van der Waals surface area contributed by atoms with Gasteiger partial charge in [0.05, 0.1) is 11.5 Å². The van der Waals surface area contributed by atoms with E-state index in [9.17, 15) is 20.1 Å². The smallest absolute Gasteiger partial charge is 0.333 e. The minimum Gasteiger partial charge on any atom is -0.459 e. The van der Waals surface area contributed by atoms with Crippen LogP contribution in [0.3, 0.4) is 0 Å². The third kappa shape index (κ3) is 1.95. The number of ether oxygens (including phenoxy) is 3. The highest BCUT2D eigenvalue weighted by Crippen LogP contribution is 2.72. The van der Waals surface area contributed by atoms with E-state index in [4.69, 9.17) is 14.2 Å². The number of rotatable bonds is 1. The zero-order valence-electron chi connectivity index (χ0n) is 16.6. The highest BCUT2D eigenvalue weighted by molar-refractivity contribution is 5.89. The lowest BCUT2D eigenvalue weighted by Crippen LogP contribution is -2.84. The monoisotopic (exact) mass is 394 g/mol. The summed E-state index contributed by atoms with van der Waals surface area (Å²) in [6, 6.07) is 0. The summed E-state index contributed by atoms with van der Waals surface area (Å²) in [5.74, 6) is -3.60. The van der Waals surface area contributed by atoms with Crippen molar-refractivity contribution in [3.8, 4) is 0 Å². The standard InChI is InChI=1S/C21H30O7/c1-9-10-7-11-14(12(8-10)27-17(9)24)20-13(22)5-6-19(2,3)15(20)16(23)21(11,25)28-18(20)26-4/h10-16,18,22-23,25H,1,5-8H2,2-4H3/t10-,11-,12-,13-,14-,15+,16-,18?,20+,21+/m0/s1. The molecule has 3 heterocycles. The molecule has 3 saturated carbocycles. The van der Waals surface area contributed by atoms with Gasteiger partial charge >= 0.3 is 5.97 Å². The van der Waals surface area contributed by atoms with Crippen molar-refractivity contribution in [3.63, 3.8) is 0 Å². The highest BCUT2D eigenvalue weighted by atomic mass is 16.7. The molecule has 0 amide bonds. The molecule has 0 aromatic heterocycles. The molecule has 156 valence electrons. The Morgan fingerprint density at radius 2 is 1.96 bits per heavy atom. The number of methoxy groups -OCH3 is 1. The van der Waals surface area contributed by atoms with Crippen molar-refractivity contribution in [1.82, 2.24) is 0 Å². The first-order valence-corrected chi connectivity index (χ1v) is 10.3. The van der Waals surface area contributed by atoms with Gasteiger partial charge in [-0.2, -0.15) is 0 Å². The number of aliphatic hydroxyl groups excluding tert-OH is 2. The normalized spacial score (nSPS) is 56.6. The van der Waals surface area contributed by atoms with E-state index in [2.05, 4.69) is 20.4 Å². The van der Waals surface area contributed by atoms with E-state index >= 15 is 0 Å². The molecule has 1 spiro atoms. The molecule has 3 N–H and O–H groups in total. The third-order valence-electron chi connectivity index (χ3n) is 8.69. The number of aliphatic hydroxyl groups is 3. The average Bonchev–Trinajstić information content (AvgIpc) is 2.64. The van der Waals surface area contributed by atoms with Crippen molar-refractivity contribution >= 4 is 5.97 Å². The van der Waals surface area contributed by atoms with Crippen LogP contribution >= 0.6 is 0 Å². The lowest BCUT2D eigenvalue weighted by atomic mass is 9.38. The first-order chi connectivity index (χ1) is 13.1. The van der Waals surface area contributed by atoms with Crippen LogP contribution in [-0.2, 0) is 19.0 Å². The van der Waals surface area contributed by atoms with E-state index in [1.807, 2.05) is 0 Å². The zero-order chi connectivity index (χ0) is 20.2. The van der Waals surface area contributed by atoms with Gasteiger partial charge < -0.3 is 29.5 Å². The van der Waals surface area contributed by atoms with Crippen LogP contribution < -0.4 is 0 Å². The van der Waals surface area contributed by atoms with E-state index in [1.54, 1.807) is 0 Å². The van der Waals surface area contributed by atoms with Crippen LogP contribution in [-0.4, -0.2) is 58.8 Å². The second-order valence-electron chi connectivity index (χ2n) is 10.2. The molecule has 0 aromatic rings. The number of esters is 1. The second kappa shape index (κ2) is 5.58. The van der Waals surface area contributed by atoms with Gasteiger partial charge in [-0.3, -0.25) is 0 Å². The van der Waals surface area contributed by atoms with Gasteiger partial charge in [0.1, 0.15) is 12.2 Å². The number of carbonyl (C=O) groups is 1. The number of hydrogen-bond donors (Lipinski definition) is 3. The Morgan fingerprint density at radius 3 is 2.64 bits per heavy atom. The van der Waals surface area contributed by atoms with E-state index < -0.39 is 53.6 Å². The topological polar surface area (TPSA) is 105 Å². The molecule has 3 aliphatic carbocycles. The van der Waals surface area contributed by atoms with Crippen molar-refractivity contribution in [1.29, 1.82) is 0 Å². The van der Waals surface area contributed by atoms with E-state index in [0.717, 1.165) is 0 Å². The van der Waals surface area contributed by atoms with Crippen molar-refractivity contribution in [2.75, 3.05) is 7.11 Å². The fourth-order valence-corrected chi connectivity index (χ4v) is 7.65. The van der Waals surface area contributed by atoms with Gasteiger partial charge in [0.25, 0.3) is 0 Å². The summed E-state index contributed by atoms with van der Waals surface area (Å²) in [4.78, 5) is 12.4. The molecule has 6 fully saturated rings. The van der Waals surface area contributed by atoms with E-state index in [1.165, 1.54) is 7.11 Å². The molecular weight excluding hydrogens is 364 g/mol. The van der Waals surface area contributed by atoms with E-state index in [0.29, 0.717) is 31.3 Å². The van der Waals surface area contributed by atoms with Crippen LogP contribution in [0.1, 0.15) is 39.5 Å². The summed E-state index contributed by atoms with van der Waals surface area (Å²) in [7, 11) is 1.50. The molecule has 3 saturated heterocycles. The predicted molar refractivity (Wildman–Crippen MR) is 96.5 cm³/mol. The maximum atomic E-state index is 12.4. The summed E-state index contributed by atoms with van der Waals surface area (Å²) in [5.41, 5.74) is -0.896. The Kier molecular flexibility index (Phi) is 3.78. The van der Waals surface area contributed by atoms with Gasteiger partial charge in [-0.1, -0.05) is 20.4 Å². The van der Waals surface area contributed by atoms with Crippen molar-refractivity contribution in [2.24, 2.45) is 34.5 Å². The molecule has 3 aliphatic heterocycles. The first kappa shape index (κ1) is 19.0. The van der Waals surface area contributed by atoms with Gasteiger partial charge in [0.2, 0.25) is 0 Å². The molecule has 7 nitrogen and oxygen atoms in total. The fourth-order valence-electron chi connectivity index (χ4n) is 7.65. The summed E-state index contributed by atoms with van der Waals surface area (Å²) >= 11 is 0. The molecule has 28 heavy (non-hydrogen) atoms. The van der Waals surface area contributed by atoms with Crippen LogP contribution in [0, 0.1) is 34.5 Å². The van der Waals surface area contributed by atoms with Crippen LogP contribution in [0.2, 0.25) is 0 Å². The largest absolute Gasteiger partial charge is 0.459 e. The Balaban J connectivity index is 1.73. The van der Waals surface area contributed by atoms with Gasteiger partial charge in [0, 0.05) is 30.4 Å². The molecule has 7 heteroatoms. The van der Waals surface area contributed by atoms with Crippen molar-refractivity contribution in [3.05, 3.63) is 12.2 Å². The fraction of sp³-hybridized carbons (Fsp3) is 0.857. The third-order valence-corrected chi connectivity index (χ3v) is 8.69. The van der Waals surface area contributed by atoms with Crippen molar-refractivity contribution in [2.45, 2.75) is 69.9 Å². The highest BCUT2D eigenvalue weighted by Gasteiger charge is 2.81. The minimum atomic E-state index is -1.81. The molecule has 1 unspecified atom stereocenters. The van der Waals surface area contributed by atoms with Crippen LogP contribution in [0.25, 0.3) is 0 Å². The molecule has 6 aliphatic rings. The van der Waals surface area contributed by atoms with Crippen LogP contribution in [0.5, 0.6) is 0 Å². The van der Waals surface area contributed by atoms with Crippen molar-refractivity contribution < 1.29 is 34.3 Å². The quantitative estimate of drug-likeness (QED) is 0.449. The molecule has 10 atom stereocenters. The van der Waals surface area contributed by atoms with Crippen LogP contribution in [0.15, 0.2) is 12.2 Å². The lowest BCUT2D eigenvalue weighted by molar-refractivity contribution is -0.496. The zero-order valence-corrected chi connectivity index (χ0v) is 16.6. The molecule has 0 radical (unpaired) electrons. The Labute approximate surface area is 164 Å². The number of hydrogen-bond acceptors (Lipinski definition) is 7. The minimum absolute atomic E-state index is 0.115. The first-order valence-electron chi connectivity index (χ1n) is 10.3. The predicted octanol–water partition coefficient (Wildman–Crippen LogP) is 0.960. The Morgan fingerprint density at radius 1 is 1.25 bits per heavy atom. The Hall–Kier alpha value is -0.990. The molecule has 6 rings (SSSR count). The molecule has 0 aromatic carbocycles. The van der Waals surface area contributed by atoms with Crippen LogP contribution in [0.4, 0.5) is 0 Å². The summed E-state index contributed by atoms with van der Waals surface area (Å²) in [5, 5.41) is 34.4. The summed E-state index contributed by atoms with van der Waals surface area (Å²) < 4.78 is 17.5. The number of fused-ring (bicyclic) bond motifs is 3. The maximum Gasteiger partial charge on any atom is 0.333 e. The number of carbonyl (C=O) groups excluding carboxylic acids is 1.